The van der Waals surface area contributed by atoms with Gasteiger partial charge in [-0.2, -0.15) is 0 Å². The minimum atomic E-state index is -0.0527. The van der Waals surface area contributed by atoms with Crippen LogP contribution in [0.15, 0.2) is 77.4 Å². The highest BCUT2D eigenvalue weighted by Crippen LogP contribution is 2.64. The molecular formula is C41H51NO3. The number of fused-ring (bicyclic) bond motifs is 6. The minimum absolute atomic E-state index is 0.0527. The van der Waals surface area contributed by atoms with Crippen LogP contribution < -0.4 is 4.74 Å². The van der Waals surface area contributed by atoms with Crippen molar-refractivity contribution in [3.63, 3.8) is 0 Å². The Morgan fingerprint density at radius 3 is 2.56 bits per heavy atom. The second-order valence-corrected chi connectivity index (χ2v) is 16.0. The summed E-state index contributed by atoms with van der Waals surface area (Å²) in [5.41, 5.74) is 6.39. The van der Waals surface area contributed by atoms with Gasteiger partial charge in [0.15, 0.2) is 5.78 Å². The van der Waals surface area contributed by atoms with Gasteiger partial charge < -0.3 is 9.47 Å². The van der Waals surface area contributed by atoms with Gasteiger partial charge in [0.2, 0.25) is 0 Å². The third kappa shape index (κ3) is 5.06. The zero-order valence-electron chi connectivity index (χ0n) is 27.8. The number of para-hydroxylation sites is 1. The predicted octanol–water partition coefficient (Wildman–Crippen LogP) is 9.31. The third-order valence-corrected chi connectivity index (χ3v) is 13.4. The molecule has 0 aromatic heterocycles. The first kappa shape index (κ1) is 29.7. The fraction of sp³-hybridized carbons (Fsp3) is 0.585. The van der Waals surface area contributed by atoms with E-state index >= 15 is 0 Å². The van der Waals surface area contributed by atoms with E-state index in [1.807, 2.05) is 36.4 Å². The number of piperidine rings is 1. The summed E-state index contributed by atoms with van der Waals surface area (Å²) >= 11 is 0. The molecule has 238 valence electrons. The average molecular weight is 606 g/mol. The molecular weight excluding hydrogens is 554 g/mol. The summed E-state index contributed by atoms with van der Waals surface area (Å²) in [5, 5.41) is 0. The van der Waals surface area contributed by atoms with Gasteiger partial charge in [-0.15, -0.1) is 0 Å². The molecule has 1 spiro atoms. The molecule has 9 unspecified atom stereocenters. The summed E-state index contributed by atoms with van der Waals surface area (Å²) in [5.74, 6) is 5.43. The second-order valence-electron chi connectivity index (χ2n) is 16.0. The molecule has 0 radical (unpaired) electrons. The number of carbonyl (C=O) groups is 1. The van der Waals surface area contributed by atoms with Gasteiger partial charge in [0, 0.05) is 31.5 Å². The van der Waals surface area contributed by atoms with E-state index in [4.69, 9.17) is 9.47 Å². The number of carbonyl (C=O) groups excluding carboxylic acids is 1. The zero-order valence-corrected chi connectivity index (χ0v) is 27.8. The van der Waals surface area contributed by atoms with Crippen molar-refractivity contribution in [3.8, 4) is 11.5 Å². The molecule has 0 amide bonds. The summed E-state index contributed by atoms with van der Waals surface area (Å²) in [6.07, 6.45) is 12.5. The van der Waals surface area contributed by atoms with Crippen LogP contribution in [0, 0.1) is 35.0 Å². The summed E-state index contributed by atoms with van der Waals surface area (Å²) in [6.45, 7) is 12.0. The van der Waals surface area contributed by atoms with Gasteiger partial charge >= 0.3 is 0 Å². The van der Waals surface area contributed by atoms with Gasteiger partial charge in [-0.3, -0.25) is 9.69 Å². The molecule has 2 heterocycles. The van der Waals surface area contributed by atoms with E-state index in [1.54, 1.807) is 11.1 Å². The van der Waals surface area contributed by atoms with Gasteiger partial charge in [0.25, 0.3) is 0 Å². The van der Waals surface area contributed by atoms with Gasteiger partial charge in [-0.1, -0.05) is 67.8 Å². The molecule has 4 aliphatic carbocycles. The molecule has 0 bridgehead atoms. The summed E-state index contributed by atoms with van der Waals surface area (Å²) in [4.78, 5) is 15.1. The van der Waals surface area contributed by atoms with Gasteiger partial charge in [0.05, 0.1) is 11.7 Å². The first-order valence-corrected chi connectivity index (χ1v) is 17.9. The number of hydrogen-bond acceptors (Lipinski definition) is 4. The van der Waals surface area contributed by atoms with Crippen molar-refractivity contribution in [2.75, 3.05) is 6.54 Å². The Kier molecular flexibility index (Phi) is 7.41. The predicted molar refractivity (Wildman–Crippen MR) is 179 cm³/mol. The lowest BCUT2D eigenvalue weighted by molar-refractivity contribution is -0.116. The Morgan fingerprint density at radius 1 is 0.978 bits per heavy atom. The number of rotatable bonds is 4. The van der Waals surface area contributed by atoms with Crippen LogP contribution in [0.3, 0.4) is 0 Å². The van der Waals surface area contributed by atoms with Crippen LogP contribution in [0.1, 0.15) is 91.0 Å². The van der Waals surface area contributed by atoms with E-state index < -0.39 is 0 Å². The molecule has 2 aliphatic heterocycles. The molecule has 45 heavy (non-hydrogen) atoms. The Morgan fingerprint density at radius 2 is 1.76 bits per heavy atom. The number of benzene rings is 2. The lowest BCUT2D eigenvalue weighted by Crippen LogP contribution is -2.51. The van der Waals surface area contributed by atoms with Crippen molar-refractivity contribution < 1.29 is 14.3 Å². The fourth-order valence-electron chi connectivity index (χ4n) is 11.2. The molecule has 9 atom stereocenters. The SMILES string of the molecule is CC1=C2CC3C(CCC4=CC(=O)CCC43C)C2CCC2(C1)OC1CC(C)CN(Cc3ccc(Oc4ccccc4)cc3)C1C2C. The lowest BCUT2D eigenvalue weighted by Gasteiger charge is -2.48. The molecule has 4 heteroatoms. The van der Waals surface area contributed by atoms with Crippen LogP contribution in [0.25, 0.3) is 0 Å². The van der Waals surface area contributed by atoms with Crippen molar-refractivity contribution in [3.05, 3.63) is 83.0 Å². The first-order valence-electron chi connectivity index (χ1n) is 17.9. The molecule has 8 rings (SSSR count). The van der Waals surface area contributed by atoms with E-state index in [-0.39, 0.29) is 11.0 Å². The maximum Gasteiger partial charge on any atom is 0.155 e. The van der Waals surface area contributed by atoms with Crippen LogP contribution in [0.5, 0.6) is 11.5 Å². The van der Waals surface area contributed by atoms with Crippen LogP contribution in [-0.2, 0) is 16.1 Å². The van der Waals surface area contributed by atoms with Crippen LogP contribution in [0.2, 0.25) is 0 Å². The van der Waals surface area contributed by atoms with E-state index in [0.717, 1.165) is 56.2 Å². The van der Waals surface area contributed by atoms with Crippen molar-refractivity contribution in [1.29, 1.82) is 0 Å². The Labute approximate surface area is 270 Å². The third-order valence-electron chi connectivity index (χ3n) is 13.4. The van der Waals surface area contributed by atoms with Crippen molar-refractivity contribution in [2.24, 2.45) is 35.0 Å². The number of ether oxygens (including phenoxy) is 2. The van der Waals surface area contributed by atoms with Crippen LogP contribution in [0.4, 0.5) is 0 Å². The molecule has 2 aromatic rings. The minimum Gasteiger partial charge on any atom is -0.457 e. The lowest BCUT2D eigenvalue weighted by atomic mass is 9.56. The molecule has 2 saturated carbocycles. The Hall–Kier alpha value is -2.69. The molecule has 2 saturated heterocycles. The van der Waals surface area contributed by atoms with Crippen molar-refractivity contribution >= 4 is 5.78 Å². The smallest absolute Gasteiger partial charge is 0.155 e. The molecule has 6 aliphatic rings. The van der Waals surface area contributed by atoms with Crippen LogP contribution in [-0.4, -0.2) is 35.0 Å². The Bertz CT molecular complexity index is 1510. The first-order chi connectivity index (χ1) is 21.7. The highest BCUT2D eigenvalue weighted by molar-refractivity contribution is 5.91. The molecule has 4 nitrogen and oxygen atoms in total. The molecule has 0 N–H and O–H groups in total. The number of hydrogen-bond donors (Lipinski definition) is 0. The van der Waals surface area contributed by atoms with Gasteiger partial charge in [-0.25, -0.2) is 0 Å². The van der Waals surface area contributed by atoms with E-state index in [0.29, 0.717) is 41.6 Å². The zero-order chi connectivity index (χ0) is 30.9. The largest absolute Gasteiger partial charge is 0.457 e. The van der Waals surface area contributed by atoms with E-state index in [9.17, 15) is 4.79 Å². The second kappa shape index (κ2) is 11.2. The van der Waals surface area contributed by atoms with E-state index in [2.05, 4.69) is 56.9 Å². The van der Waals surface area contributed by atoms with Gasteiger partial charge in [-0.05, 0) is 123 Å². The number of likely N-dealkylation sites (tertiary alicyclic amines) is 1. The molecule has 4 fully saturated rings. The fourth-order valence-corrected chi connectivity index (χ4v) is 11.2. The average Bonchev–Trinajstić information content (AvgIpc) is 3.49. The quantitative estimate of drug-likeness (QED) is 0.326. The standard InChI is InChI=1S/C41H51NO3/c1-26-20-38-39(42(24-26)25-29-10-13-33(14-11-29)44-32-8-6-5-7-9-32)28(3)41(45-38)19-17-34-35-15-12-30-21-31(43)16-18-40(30,4)37(35)22-36(34)27(2)23-41/h5-11,13-14,21,26,28,34-35,37-39H,12,15-20,22-25H2,1-4H3. The van der Waals surface area contributed by atoms with Crippen molar-refractivity contribution in [2.45, 2.75) is 110 Å². The maximum atomic E-state index is 12.3. The van der Waals surface area contributed by atoms with E-state index in [1.165, 1.54) is 43.2 Å². The topological polar surface area (TPSA) is 38.8 Å². The summed E-state index contributed by atoms with van der Waals surface area (Å²) in [7, 11) is 0. The highest BCUT2D eigenvalue weighted by atomic mass is 16.5. The highest BCUT2D eigenvalue weighted by Gasteiger charge is 2.59. The van der Waals surface area contributed by atoms with Gasteiger partial charge in [0.1, 0.15) is 11.5 Å². The number of nitrogens with zero attached hydrogens (tertiary/aromatic N) is 1. The maximum absolute atomic E-state index is 12.3. The Balaban J connectivity index is 1.01. The number of ketones is 1. The summed E-state index contributed by atoms with van der Waals surface area (Å²) < 4.78 is 13.4. The number of allylic oxidation sites excluding steroid dienone is 3. The molecule has 2 aromatic carbocycles. The van der Waals surface area contributed by atoms with Crippen molar-refractivity contribution in [1.82, 2.24) is 4.90 Å². The van der Waals surface area contributed by atoms with Crippen LogP contribution >= 0.6 is 0 Å². The summed E-state index contributed by atoms with van der Waals surface area (Å²) in [6, 6.07) is 19.2. The monoisotopic (exact) mass is 605 g/mol. The normalized spacial score (nSPS) is 39.5.